The van der Waals surface area contributed by atoms with Crippen LogP contribution in [0.5, 0.6) is 0 Å². The number of nitrogens with one attached hydrogen (secondary N) is 2. The standard InChI is InChI=1S/C9H16FN3O2/c1-6(11)13-5-3-4-7(10)9(2,12)8(14)15/h4H,3,5,12H2,1-2H3,(H2,11,13)(H,14,15)/b7-4-. The van der Waals surface area contributed by atoms with Crippen LogP contribution in [0.2, 0.25) is 0 Å². The molecule has 86 valence electrons. The van der Waals surface area contributed by atoms with Crippen LogP contribution in [0.15, 0.2) is 11.9 Å². The van der Waals surface area contributed by atoms with Crippen molar-refractivity contribution >= 4 is 11.8 Å². The quantitative estimate of drug-likeness (QED) is 0.308. The van der Waals surface area contributed by atoms with Gasteiger partial charge in [-0.2, -0.15) is 0 Å². The average Bonchev–Trinajstić information content (AvgIpc) is 2.11. The molecule has 0 aromatic rings. The average molecular weight is 217 g/mol. The monoisotopic (exact) mass is 217 g/mol. The molecule has 0 spiro atoms. The second-order valence-corrected chi connectivity index (χ2v) is 3.40. The first kappa shape index (κ1) is 13.6. The van der Waals surface area contributed by atoms with E-state index in [-0.39, 0.29) is 12.3 Å². The molecule has 0 aliphatic heterocycles. The van der Waals surface area contributed by atoms with Crippen LogP contribution in [0.3, 0.4) is 0 Å². The van der Waals surface area contributed by atoms with E-state index in [2.05, 4.69) is 5.32 Å². The molecular weight excluding hydrogens is 201 g/mol. The minimum atomic E-state index is -1.97. The van der Waals surface area contributed by atoms with Gasteiger partial charge in [-0.15, -0.1) is 0 Å². The predicted octanol–water partition coefficient (Wildman–Crippen LogP) is 0.619. The highest BCUT2D eigenvalue weighted by molar-refractivity contribution is 5.81. The topological polar surface area (TPSA) is 99.2 Å². The van der Waals surface area contributed by atoms with Gasteiger partial charge < -0.3 is 16.2 Å². The molecule has 1 unspecified atom stereocenters. The summed E-state index contributed by atoms with van der Waals surface area (Å²) in [5, 5.41) is 18.3. The van der Waals surface area contributed by atoms with E-state index in [1.165, 1.54) is 0 Å². The van der Waals surface area contributed by atoms with Crippen molar-refractivity contribution in [2.45, 2.75) is 25.8 Å². The third-order valence-electron chi connectivity index (χ3n) is 1.80. The molecular formula is C9H16FN3O2. The summed E-state index contributed by atoms with van der Waals surface area (Å²) in [6, 6.07) is 0. The third-order valence-corrected chi connectivity index (χ3v) is 1.80. The fourth-order valence-electron chi connectivity index (χ4n) is 0.773. The second kappa shape index (κ2) is 5.45. The maximum absolute atomic E-state index is 13.2. The zero-order valence-electron chi connectivity index (χ0n) is 8.80. The molecule has 0 bridgehead atoms. The first-order valence-electron chi connectivity index (χ1n) is 4.46. The molecule has 5 nitrogen and oxygen atoms in total. The molecule has 15 heavy (non-hydrogen) atoms. The van der Waals surface area contributed by atoms with E-state index in [1.807, 2.05) is 0 Å². The van der Waals surface area contributed by atoms with Crippen LogP contribution in [0.4, 0.5) is 4.39 Å². The molecule has 0 radical (unpaired) electrons. The van der Waals surface area contributed by atoms with Crippen molar-refractivity contribution in [3.63, 3.8) is 0 Å². The van der Waals surface area contributed by atoms with Crippen LogP contribution in [-0.4, -0.2) is 29.0 Å². The summed E-state index contributed by atoms with van der Waals surface area (Å²) in [6.07, 6.45) is 1.40. The third kappa shape index (κ3) is 4.55. The molecule has 0 aliphatic rings. The number of carboxylic acids is 1. The molecule has 6 heteroatoms. The molecule has 0 aliphatic carbocycles. The zero-order valence-corrected chi connectivity index (χ0v) is 8.80. The van der Waals surface area contributed by atoms with Gasteiger partial charge in [-0.1, -0.05) is 0 Å². The van der Waals surface area contributed by atoms with E-state index in [0.717, 1.165) is 13.0 Å². The smallest absolute Gasteiger partial charge is 0.330 e. The van der Waals surface area contributed by atoms with E-state index >= 15 is 0 Å². The lowest BCUT2D eigenvalue weighted by Crippen LogP contribution is -2.45. The number of carbonyl (C=O) groups is 1. The van der Waals surface area contributed by atoms with Gasteiger partial charge in [0.2, 0.25) is 0 Å². The minimum absolute atomic E-state index is 0.276. The van der Waals surface area contributed by atoms with E-state index in [1.54, 1.807) is 6.92 Å². The lowest BCUT2D eigenvalue weighted by atomic mass is 10.0. The number of aliphatic carboxylic acids is 1. The Bertz CT molecular complexity index is 287. The molecule has 0 amide bonds. The van der Waals surface area contributed by atoms with Crippen LogP contribution in [-0.2, 0) is 4.79 Å². The number of hydrogen-bond donors (Lipinski definition) is 4. The lowest BCUT2D eigenvalue weighted by molar-refractivity contribution is -0.141. The SMILES string of the molecule is CC(=N)NCC/C=C(\F)C(C)(N)C(=O)O. The van der Waals surface area contributed by atoms with Gasteiger partial charge in [-0.3, -0.25) is 5.41 Å². The van der Waals surface area contributed by atoms with Gasteiger partial charge in [0.15, 0.2) is 5.54 Å². The van der Waals surface area contributed by atoms with Crippen LogP contribution < -0.4 is 11.1 Å². The minimum Gasteiger partial charge on any atom is -0.480 e. The first-order valence-corrected chi connectivity index (χ1v) is 4.46. The van der Waals surface area contributed by atoms with Crippen molar-refractivity contribution in [1.29, 1.82) is 5.41 Å². The zero-order chi connectivity index (χ0) is 12.1. The fourth-order valence-corrected chi connectivity index (χ4v) is 0.773. The summed E-state index contributed by atoms with van der Waals surface area (Å²) in [5.41, 5.74) is 3.27. The summed E-state index contributed by atoms with van der Waals surface area (Å²) in [5.74, 6) is -2.01. The Morgan fingerprint density at radius 3 is 2.67 bits per heavy atom. The van der Waals surface area contributed by atoms with E-state index in [9.17, 15) is 9.18 Å². The molecule has 0 saturated carbocycles. The molecule has 0 fully saturated rings. The van der Waals surface area contributed by atoms with E-state index < -0.39 is 17.3 Å². The molecule has 1 atom stereocenters. The van der Waals surface area contributed by atoms with Gasteiger partial charge in [0.1, 0.15) is 5.83 Å². The Hall–Kier alpha value is -1.43. The highest BCUT2D eigenvalue weighted by Gasteiger charge is 2.33. The van der Waals surface area contributed by atoms with Gasteiger partial charge >= 0.3 is 5.97 Å². The summed E-state index contributed by atoms with van der Waals surface area (Å²) < 4.78 is 13.2. The van der Waals surface area contributed by atoms with Gasteiger partial charge in [0, 0.05) is 6.54 Å². The molecule has 0 rings (SSSR count). The second-order valence-electron chi connectivity index (χ2n) is 3.40. The Kier molecular flexibility index (Phi) is 4.93. The Labute approximate surface area is 87.7 Å². The largest absolute Gasteiger partial charge is 0.480 e. The number of hydrogen-bond acceptors (Lipinski definition) is 3. The van der Waals surface area contributed by atoms with Crippen molar-refractivity contribution in [1.82, 2.24) is 5.32 Å². The summed E-state index contributed by atoms with van der Waals surface area (Å²) in [6.45, 7) is 3.03. The number of rotatable bonds is 5. The number of nitrogens with two attached hydrogens (primary N) is 1. The highest BCUT2D eigenvalue weighted by atomic mass is 19.1. The number of halogens is 1. The van der Waals surface area contributed by atoms with Gasteiger partial charge in [0.25, 0.3) is 0 Å². The van der Waals surface area contributed by atoms with Crippen LogP contribution in [0.25, 0.3) is 0 Å². The molecule has 5 N–H and O–H groups in total. The van der Waals surface area contributed by atoms with E-state index in [4.69, 9.17) is 16.2 Å². The van der Waals surface area contributed by atoms with Gasteiger partial charge in [-0.05, 0) is 26.3 Å². The van der Waals surface area contributed by atoms with Crippen molar-refractivity contribution in [3.8, 4) is 0 Å². The van der Waals surface area contributed by atoms with Gasteiger partial charge in [0.05, 0.1) is 5.84 Å². The van der Waals surface area contributed by atoms with Crippen LogP contribution in [0.1, 0.15) is 20.3 Å². The lowest BCUT2D eigenvalue weighted by Gasteiger charge is -2.16. The number of amidine groups is 1. The first-order chi connectivity index (χ1) is 6.78. The maximum Gasteiger partial charge on any atom is 0.330 e. The highest BCUT2D eigenvalue weighted by Crippen LogP contribution is 2.15. The van der Waals surface area contributed by atoms with E-state index in [0.29, 0.717) is 6.54 Å². The Morgan fingerprint density at radius 2 is 2.27 bits per heavy atom. The summed E-state index contributed by atoms with van der Waals surface area (Å²) in [7, 11) is 0. The van der Waals surface area contributed by atoms with Gasteiger partial charge in [-0.25, -0.2) is 9.18 Å². The normalized spacial score (nSPS) is 15.6. The molecule has 0 aromatic carbocycles. The Balaban J connectivity index is 4.20. The Morgan fingerprint density at radius 1 is 1.73 bits per heavy atom. The van der Waals surface area contributed by atoms with Crippen molar-refractivity contribution in [3.05, 3.63) is 11.9 Å². The van der Waals surface area contributed by atoms with Crippen molar-refractivity contribution in [2.75, 3.05) is 6.54 Å². The van der Waals surface area contributed by atoms with Crippen LogP contribution in [0, 0.1) is 5.41 Å². The van der Waals surface area contributed by atoms with Crippen LogP contribution >= 0.6 is 0 Å². The van der Waals surface area contributed by atoms with Crippen molar-refractivity contribution in [2.24, 2.45) is 5.73 Å². The molecule has 0 heterocycles. The fraction of sp³-hybridized carbons (Fsp3) is 0.556. The number of carboxylic acid groups (broad SMARTS) is 1. The summed E-state index contributed by atoms with van der Waals surface area (Å²) in [4.78, 5) is 10.5. The molecule has 0 saturated heterocycles. The van der Waals surface area contributed by atoms with Crippen molar-refractivity contribution < 1.29 is 14.3 Å². The maximum atomic E-state index is 13.2. The molecule has 0 aromatic heterocycles. The predicted molar refractivity (Wildman–Crippen MR) is 55.4 cm³/mol. The summed E-state index contributed by atoms with van der Waals surface area (Å²) >= 11 is 0.